The van der Waals surface area contributed by atoms with E-state index in [1.165, 1.54) is 5.56 Å². The summed E-state index contributed by atoms with van der Waals surface area (Å²) in [4.78, 5) is 19.5. The lowest BCUT2D eigenvalue weighted by Crippen LogP contribution is -2.50. The molecule has 0 aliphatic carbocycles. The van der Waals surface area contributed by atoms with Crippen molar-refractivity contribution in [3.05, 3.63) is 59.5 Å². The van der Waals surface area contributed by atoms with Gasteiger partial charge in [0.2, 0.25) is 5.82 Å². The lowest BCUT2D eigenvalue weighted by Gasteiger charge is -2.26. The van der Waals surface area contributed by atoms with E-state index >= 15 is 0 Å². The highest BCUT2D eigenvalue weighted by molar-refractivity contribution is 5.91. The number of carbonyl (C=O) groups excluding carboxylic acids is 1. The normalized spacial score (nSPS) is 27.9. The molecule has 168 valence electrons. The van der Waals surface area contributed by atoms with Crippen molar-refractivity contribution in [3.63, 3.8) is 0 Å². The maximum atomic E-state index is 12.7. The summed E-state index contributed by atoms with van der Waals surface area (Å²) in [6, 6.07) is 12.3. The second-order valence-corrected chi connectivity index (χ2v) is 9.58. The molecule has 8 heteroatoms. The maximum absolute atomic E-state index is 12.7. The Bertz CT molecular complexity index is 1160. The molecular weight excluding hydrogens is 406 g/mol. The molecule has 0 spiro atoms. The number of nitrogens with one attached hydrogen (secondary N) is 1. The summed E-state index contributed by atoms with van der Waals surface area (Å²) in [5, 5.41) is 17.6. The standard InChI is InChI=1S/C24H29N5O3/c1-16-11-18(28-10-9-23(2,14-28)17-7-5-4-6-8-17)12-29-21(16)26-20(27-29)22(30)25-19-13-32-15-24(19,3)31/h4-8,11-12,19,31H,9-10,13-15H2,1-3H3,(H,25,30)/t19?,23-,24?/m0/s1. The summed E-state index contributed by atoms with van der Waals surface area (Å²) in [5.74, 6) is -0.327. The minimum absolute atomic E-state index is 0.0866. The zero-order valence-corrected chi connectivity index (χ0v) is 18.7. The Morgan fingerprint density at radius 3 is 2.78 bits per heavy atom. The SMILES string of the molecule is Cc1cc(N2CC[C@](C)(c3ccccc3)C2)cn2nc(C(=O)NC3COCC3(C)O)nc12. The molecule has 2 aliphatic rings. The van der Waals surface area contributed by atoms with Gasteiger partial charge in [0.05, 0.1) is 31.1 Å². The van der Waals surface area contributed by atoms with Gasteiger partial charge in [-0.05, 0) is 37.5 Å². The summed E-state index contributed by atoms with van der Waals surface area (Å²) in [6.45, 7) is 8.28. The molecule has 0 bridgehead atoms. The number of aromatic nitrogens is 3. The topological polar surface area (TPSA) is 92.0 Å². The summed E-state index contributed by atoms with van der Waals surface area (Å²) in [6.07, 6.45) is 3.01. The highest BCUT2D eigenvalue weighted by atomic mass is 16.5. The quantitative estimate of drug-likeness (QED) is 0.652. The molecule has 3 atom stereocenters. The van der Waals surface area contributed by atoms with Gasteiger partial charge in [0.25, 0.3) is 5.91 Å². The molecule has 32 heavy (non-hydrogen) atoms. The van der Waals surface area contributed by atoms with Gasteiger partial charge in [0.15, 0.2) is 5.65 Å². The number of hydrogen-bond donors (Lipinski definition) is 2. The highest BCUT2D eigenvalue weighted by Gasteiger charge is 2.40. The van der Waals surface area contributed by atoms with E-state index in [-0.39, 0.29) is 24.5 Å². The predicted octanol–water partition coefficient (Wildman–Crippen LogP) is 2.09. The minimum atomic E-state index is -1.10. The van der Waals surface area contributed by atoms with Crippen LogP contribution in [0.3, 0.4) is 0 Å². The smallest absolute Gasteiger partial charge is 0.291 e. The first-order chi connectivity index (χ1) is 15.2. The van der Waals surface area contributed by atoms with Gasteiger partial charge in [-0.1, -0.05) is 37.3 Å². The van der Waals surface area contributed by atoms with Crippen LogP contribution in [0, 0.1) is 6.92 Å². The molecule has 1 aromatic carbocycles. The van der Waals surface area contributed by atoms with Gasteiger partial charge in [-0.15, -0.1) is 5.10 Å². The number of aliphatic hydroxyl groups is 1. The first-order valence-electron chi connectivity index (χ1n) is 11.0. The summed E-state index contributed by atoms with van der Waals surface area (Å²) < 4.78 is 6.97. The Balaban J connectivity index is 1.38. The van der Waals surface area contributed by atoms with Crippen molar-refractivity contribution >= 4 is 17.2 Å². The molecular formula is C24H29N5O3. The van der Waals surface area contributed by atoms with Crippen molar-refractivity contribution in [1.82, 2.24) is 19.9 Å². The fourth-order valence-electron chi connectivity index (χ4n) is 4.74. The molecule has 4 heterocycles. The van der Waals surface area contributed by atoms with E-state index in [9.17, 15) is 9.90 Å². The van der Waals surface area contributed by atoms with Gasteiger partial charge in [-0.3, -0.25) is 4.79 Å². The van der Waals surface area contributed by atoms with Crippen LogP contribution in [-0.4, -0.2) is 63.6 Å². The Morgan fingerprint density at radius 1 is 1.28 bits per heavy atom. The fourth-order valence-corrected chi connectivity index (χ4v) is 4.74. The number of hydrogen-bond acceptors (Lipinski definition) is 6. The van der Waals surface area contributed by atoms with Crippen molar-refractivity contribution in [2.75, 3.05) is 31.2 Å². The number of ether oxygens (including phenoxy) is 1. The zero-order chi connectivity index (χ0) is 22.5. The Kier molecular flexibility index (Phi) is 4.94. The van der Waals surface area contributed by atoms with E-state index in [0.29, 0.717) is 5.65 Å². The average Bonchev–Trinajstić information content (AvgIpc) is 3.46. The molecule has 0 radical (unpaired) electrons. The number of pyridine rings is 1. The number of anilines is 1. The number of benzene rings is 1. The third-order valence-corrected chi connectivity index (χ3v) is 6.85. The second kappa shape index (κ2) is 7.56. The number of rotatable bonds is 4. The summed E-state index contributed by atoms with van der Waals surface area (Å²) >= 11 is 0. The van der Waals surface area contributed by atoms with Crippen LogP contribution in [0.4, 0.5) is 5.69 Å². The van der Waals surface area contributed by atoms with E-state index in [4.69, 9.17) is 4.74 Å². The monoisotopic (exact) mass is 435 g/mol. The number of nitrogens with zero attached hydrogens (tertiary/aromatic N) is 4. The fraction of sp³-hybridized carbons (Fsp3) is 0.458. The van der Waals surface area contributed by atoms with Gasteiger partial charge < -0.3 is 20.1 Å². The predicted molar refractivity (Wildman–Crippen MR) is 121 cm³/mol. The van der Waals surface area contributed by atoms with E-state index < -0.39 is 17.6 Å². The number of aryl methyl sites for hydroxylation is 1. The van der Waals surface area contributed by atoms with Crippen LogP contribution >= 0.6 is 0 Å². The second-order valence-electron chi connectivity index (χ2n) is 9.58. The van der Waals surface area contributed by atoms with Gasteiger partial charge in [-0.2, -0.15) is 0 Å². The molecule has 1 amide bonds. The van der Waals surface area contributed by atoms with Crippen LogP contribution in [0.5, 0.6) is 0 Å². The van der Waals surface area contributed by atoms with Crippen molar-refractivity contribution in [1.29, 1.82) is 0 Å². The molecule has 0 saturated carbocycles. The molecule has 2 fully saturated rings. The van der Waals surface area contributed by atoms with E-state index in [1.807, 2.05) is 13.1 Å². The third-order valence-electron chi connectivity index (χ3n) is 6.85. The zero-order valence-electron chi connectivity index (χ0n) is 18.7. The van der Waals surface area contributed by atoms with Gasteiger partial charge in [0, 0.05) is 18.5 Å². The summed E-state index contributed by atoms with van der Waals surface area (Å²) in [5.41, 5.74) is 3.03. The van der Waals surface area contributed by atoms with Gasteiger partial charge in [0.1, 0.15) is 5.60 Å². The van der Waals surface area contributed by atoms with E-state index in [0.717, 1.165) is 30.8 Å². The first-order valence-corrected chi connectivity index (χ1v) is 11.0. The van der Waals surface area contributed by atoms with Crippen molar-refractivity contribution < 1.29 is 14.6 Å². The lowest BCUT2D eigenvalue weighted by atomic mass is 9.82. The molecule has 8 nitrogen and oxygen atoms in total. The van der Waals surface area contributed by atoms with Crippen molar-refractivity contribution in [2.24, 2.45) is 0 Å². The van der Waals surface area contributed by atoms with Crippen LogP contribution in [0.1, 0.15) is 42.0 Å². The number of carbonyl (C=O) groups is 1. The van der Waals surface area contributed by atoms with Gasteiger partial charge >= 0.3 is 0 Å². The van der Waals surface area contributed by atoms with E-state index in [1.54, 1.807) is 11.4 Å². The molecule has 2 aromatic heterocycles. The third kappa shape index (κ3) is 3.63. The Morgan fingerprint density at radius 2 is 2.06 bits per heavy atom. The minimum Gasteiger partial charge on any atom is -0.386 e. The number of fused-ring (bicyclic) bond motifs is 1. The summed E-state index contributed by atoms with van der Waals surface area (Å²) in [7, 11) is 0. The van der Waals surface area contributed by atoms with Crippen LogP contribution in [0.25, 0.3) is 5.65 Å². The molecule has 3 aromatic rings. The largest absolute Gasteiger partial charge is 0.386 e. The molecule has 2 unspecified atom stereocenters. The van der Waals surface area contributed by atoms with Crippen molar-refractivity contribution in [3.8, 4) is 0 Å². The molecule has 2 N–H and O–H groups in total. The van der Waals surface area contributed by atoms with Crippen LogP contribution in [-0.2, 0) is 10.2 Å². The maximum Gasteiger partial charge on any atom is 0.291 e. The van der Waals surface area contributed by atoms with Crippen LogP contribution in [0.2, 0.25) is 0 Å². The van der Waals surface area contributed by atoms with Crippen LogP contribution < -0.4 is 10.2 Å². The highest BCUT2D eigenvalue weighted by Crippen LogP contribution is 2.36. The average molecular weight is 436 g/mol. The molecule has 2 saturated heterocycles. The van der Waals surface area contributed by atoms with Gasteiger partial charge in [-0.25, -0.2) is 9.50 Å². The Labute approximate surface area is 187 Å². The van der Waals surface area contributed by atoms with Crippen LogP contribution in [0.15, 0.2) is 42.6 Å². The molecule has 5 rings (SSSR count). The number of amides is 1. The lowest BCUT2D eigenvalue weighted by molar-refractivity contribution is 0.0287. The first kappa shape index (κ1) is 20.9. The van der Waals surface area contributed by atoms with E-state index in [2.05, 4.69) is 63.6 Å². The van der Waals surface area contributed by atoms with Crippen molar-refractivity contribution in [2.45, 2.75) is 44.2 Å². The molecule has 2 aliphatic heterocycles. The Hall–Kier alpha value is -2.97.